The topological polar surface area (TPSA) is 91.8 Å². The number of nitrogens with zero attached hydrogens (tertiary/aromatic N) is 1. The Morgan fingerprint density at radius 3 is 2.45 bits per heavy atom. The lowest BCUT2D eigenvalue weighted by atomic mass is 9.88. The molecule has 1 saturated heterocycles. The van der Waals surface area contributed by atoms with Crippen LogP contribution in [0.5, 0.6) is 0 Å². The maximum Gasteiger partial charge on any atom is 0.309 e. The van der Waals surface area contributed by atoms with Gasteiger partial charge in [0.2, 0.25) is 5.91 Å². The number of hydrogen-bond acceptors (Lipinski definition) is 4. The molecule has 1 rings (SSSR count). The van der Waals surface area contributed by atoms with Gasteiger partial charge in [-0.2, -0.15) is 0 Å². The first kappa shape index (κ1) is 16.5. The molecule has 7 heteroatoms. The van der Waals surface area contributed by atoms with Crippen LogP contribution in [-0.2, 0) is 19.4 Å². The number of aliphatic carboxylic acids is 1. The van der Waals surface area contributed by atoms with Crippen LogP contribution < -0.4 is 0 Å². The average Bonchev–Trinajstić information content (AvgIpc) is 2.65. The number of terminal acetylenes is 1. The maximum atomic E-state index is 12.2. The Morgan fingerprint density at radius 2 is 2.05 bits per heavy atom. The SMILES string of the molecule is C#CCN(C(=O)CC(C)(C)C(=O)O)C1CCS(=O)(=O)C1. The number of carbonyl (C=O) groups excluding carboxylic acids is 1. The minimum absolute atomic E-state index is 0.00524. The summed E-state index contributed by atoms with van der Waals surface area (Å²) in [5.41, 5.74) is -1.21. The summed E-state index contributed by atoms with van der Waals surface area (Å²) < 4.78 is 23.0. The highest BCUT2D eigenvalue weighted by molar-refractivity contribution is 7.91. The highest BCUT2D eigenvalue weighted by Gasteiger charge is 2.37. The van der Waals surface area contributed by atoms with Crippen LogP contribution in [0.1, 0.15) is 26.7 Å². The maximum absolute atomic E-state index is 12.2. The van der Waals surface area contributed by atoms with Crippen molar-refractivity contribution in [1.29, 1.82) is 0 Å². The molecule has 0 aromatic rings. The number of carboxylic acids is 1. The van der Waals surface area contributed by atoms with E-state index in [1.165, 1.54) is 18.7 Å². The molecule has 1 aliphatic rings. The number of sulfone groups is 1. The standard InChI is InChI=1S/C13H19NO5S/c1-4-6-14(10-5-7-20(18,19)9-10)11(15)8-13(2,3)12(16)17/h1,10H,5-9H2,2-3H3,(H,16,17). The summed E-state index contributed by atoms with van der Waals surface area (Å²) in [5, 5.41) is 9.04. The van der Waals surface area contributed by atoms with Crippen LogP contribution in [-0.4, -0.2) is 54.4 Å². The lowest BCUT2D eigenvalue weighted by Crippen LogP contribution is -2.44. The molecule has 1 amide bonds. The molecular weight excluding hydrogens is 282 g/mol. The Hall–Kier alpha value is -1.55. The van der Waals surface area contributed by atoms with Crippen molar-refractivity contribution in [2.75, 3.05) is 18.1 Å². The molecule has 0 aliphatic carbocycles. The summed E-state index contributed by atoms with van der Waals surface area (Å²) >= 11 is 0. The van der Waals surface area contributed by atoms with Gasteiger partial charge in [0.05, 0.1) is 23.5 Å². The van der Waals surface area contributed by atoms with E-state index in [2.05, 4.69) is 5.92 Å². The van der Waals surface area contributed by atoms with Gasteiger partial charge in [-0.25, -0.2) is 8.42 Å². The second-order valence-corrected chi connectivity index (χ2v) is 7.88. The van der Waals surface area contributed by atoms with Gasteiger partial charge in [0, 0.05) is 12.5 Å². The highest BCUT2D eigenvalue weighted by Crippen LogP contribution is 2.25. The summed E-state index contributed by atoms with van der Waals surface area (Å²) in [5.74, 6) is 0.766. The van der Waals surface area contributed by atoms with Crippen molar-refractivity contribution in [3.05, 3.63) is 0 Å². The van der Waals surface area contributed by atoms with Gasteiger partial charge in [-0.3, -0.25) is 9.59 Å². The highest BCUT2D eigenvalue weighted by atomic mass is 32.2. The summed E-state index contributed by atoms with van der Waals surface area (Å²) in [6.07, 6.45) is 5.36. The molecule has 1 fully saturated rings. The minimum atomic E-state index is -3.13. The quantitative estimate of drug-likeness (QED) is 0.729. The van der Waals surface area contributed by atoms with Crippen LogP contribution in [0, 0.1) is 17.8 Å². The van der Waals surface area contributed by atoms with Crippen molar-refractivity contribution in [3.63, 3.8) is 0 Å². The summed E-state index contributed by atoms with van der Waals surface area (Å²) in [4.78, 5) is 24.6. The van der Waals surface area contributed by atoms with Crippen molar-refractivity contribution in [1.82, 2.24) is 4.90 Å². The molecule has 0 spiro atoms. The number of carboxylic acid groups (broad SMARTS) is 1. The van der Waals surface area contributed by atoms with Gasteiger partial charge in [-0.1, -0.05) is 5.92 Å². The van der Waals surface area contributed by atoms with E-state index in [9.17, 15) is 18.0 Å². The molecule has 1 heterocycles. The molecule has 1 aliphatic heterocycles. The molecule has 0 radical (unpaired) electrons. The molecule has 6 nitrogen and oxygen atoms in total. The smallest absolute Gasteiger partial charge is 0.309 e. The van der Waals surface area contributed by atoms with E-state index < -0.39 is 33.2 Å². The zero-order chi connectivity index (χ0) is 15.6. The second-order valence-electron chi connectivity index (χ2n) is 5.65. The molecule has 1 N–H and O–H groups in total. The van der Waals surface area contributed by atoms with Crippen LogP contribution >= 0.6 is 0 Å². The molecule has 0 aromatic carbocycles. The predicted molar refractivity (Wildman–Crippen MR) is 73.6 cm³/mol. The summed E-state index contributed by atoms with van der Waals surface area (Å²) in [7, 11) is -3.13. The van der Waals surface area contributed by atoms with Crippen molar-refractivity contribution in [2.24, 2.45) is 5.41 Å². The van der Waals surface area contributed by atoms with E-state index in [0.717, 1.165) is 0 Å². The molecule has 112 valence electrons. The third kappa shape index (κ3) is 3.97. The van der Waals surface area contributed by atoms with Crippen molar-refractivity contribution < 1.29 is 23.1 Å². The van der Waals surface area contributed by atoms with Crippen molar-refractivity contribution in [3.8, 4) is 12.3 Å². The van der Waals surface area contributed by atoms with Gasteiger partial charge in [-0.15, -0.1) is 6.42 Å². The van der Waals surface area contributed by atoms with E-state index in [4.69, 9.17) is 11.5 Å². The first-order valence-electron chi connectivity index (χ1n) is 6.26. The van der Waals surface area contributed by atoms with Crippen LogP contribution in [0.4, 0.5) is 0 Å². The fourth-order valence-electron chi connectivity index (χ4n) is 2.10. The fourth-order valence-corrected chi connectivity index (χ4v) is 3.83. The van der Waals surface area contributed by atoms with Crippen molar-refractivity contribution >= 4 is 21.7 Å². The monoisotopic (exact) mass is 301 g/mol. The lowest BCUT2D eigenvalue weighted by Gasteiger charge is -2.29. The fraction of sp³-hybridized carbons (Fsp3) is 0.692. The third-order valence-corrected chi connectivity index (χ3v) is 5.15. The second kappa shape index (κ2) is 5.83. The van der Waals surface area contributed by atoms with Crippen LogP contribution in [0.25, 0.3) is 0 Å². The molecule has 1 unspecified atom stereocenters. The van der Waals surface area contributed by atoms with E-state index in [1.54, 1.807) is 0 Å². The Labute approximate surface area is 119 Å². The Morgan fingerprint density at radius 1 is 1.45 bits per heavy atom. The zero-order valence-electron chi connectivity index (χ0n) is 11.6. The molecule has 0 saturated carbocycles. The first-order valence-corrected chi connectivity index (χ1v) is 8.08. The van der Waals surface area contributed by atoms with E-state index >= 15 is 0 Å². The molecule has 0 bridgehead atoms. The van der Waals surface area contributed by atoms with Gasteiger partial charge in [0.1, 0.15) is 0 Å². The Balaban J connectivity index is 2.85. The van der Waals surface area contributed by atoms with Gasteiger partial charge >= 0.3 is 5.97 Å². The molecule has 0 aromatic heterocycles. The number of carbonyl (C=O) groups is 2. The van der Waals surface area contributed by atoms with Gasteiger partial charge in [-0.05, 0) is 20.3 Å². The van der Waals surface area contributed by atoms with E-state index in [1.807, 2.05) is 0 Å². The number of rotatable bonds is 5. The summed E-state index contributed by atoms with van der Waals surface area (Å²) in [6, 6.07) is -0.451. The predicted octanol–water partition coefficient (Wildman–Crippen LogP) is 0.136. The normalized spacial score (nSPS) is 21.1. The molecule has 20 heavy (non-hydrogen) atoms. The van der Waals surface area contributed by atoms with Gasteiger partial charge in [0.25, 0.3) is 0 Å². The van der Waals surface area contributed by atoms with Crippen molar-refractivity contribution in [2.45, 2.75) is 32.7 Å². The first-order chi connectivity index (χ1) is 9.09. The van der Waals surface area contributed by atoms with Crippen LogP contribution in [0.3, 0.4) is 0 Å². The molecular formula is C13H19NO5S. The van der Waals surface area contributed by atoms with E-state index in [-0.39, 0.29) is 24.5 Å². The molecule has 1 atom stereocenters. The largest absolute Gasteiger partial charge is 0.481 e. The van der Waals surface area contributed by atoms with Gasteiger partial charge < -0.3 is 10.0 Å². The van der Waals surface area contributed by atoms with Gasteiger partial charge in [0.15, 0.2) is 9.84 Å². The van der Waals surface area contributed by atoms with Crippen LogP contribution in [0.2, 0.25) is 0 Å². The van der Waals surface area contributed by atoms with Crippen LogP contribution in [0.15, 0.2) is 0 Å². The summed E-state index contributed by atoms with van der Waals surface area (Å²) in [6.45, 7) is 2.90. The minimum Gasteiger partial charge on any atom is -0.481 e. The lowest BCUT2D eigenvalue weighted by molar-refractivity contribution is -0.151. The average molecular weight is 301 g/mol. The third-order valence-electron chi connectivity index (χ3n) is 3.40. The van der Waals surface area contributed by atoms with E-state index in [0.29, 0.717) is 6.42 Å². The Bertz CT molecular complexity index is 544. The number of hydrogen-bond donors (Lipinski definition) is 1. The number of amides is 1. The zero-order valence-corrected chi connectivity index (χ0v) is 12.4. The Kier molecular flexibility index (Phi) is 4.81.